The van der Waals surface area contributed by atoms with E-state index in [0.717, 1.165) is 75.8 Å². The van der Waals surface area contributed by atoms with Gasteiger partial charge in [-0.15, -0.1) is 0 Å². The summed E-state index contributed by atoms with van der Waals surface area (Å²) in [5, 5.41) is 4.78. The molecule has 0 radical (unpaired) electrons. The molecule has 0 fully saturated rings. The van der Waals surface area contributed by atoms with Crippen molar-refractivity contribution < 1.29 is 18.5 Å². The number of phosphoric ester groups is 1. The van der Waals surface area contributed by atoms with Crippen molar-refractivity contribution in [3.63, 3.8) is 0 Å². The zero-order chi connectivity index (χ0) is 38.1. The van der Waals surface area contributed by atoms with E-state index >= 15 is 0 Å². The van der Waals surface area contributed by atoms with Gasteiger partial charge in [-0.2, -0.15) is 0 Å². The van der Waals surface area contributed by atoms with Crippen molar-refractivity contribution in [3.05, 3.63) is 197 Å². The molecule has 8 aromatic rings. The second-order valence-corrected chi connectivity index (χ2v) is 17.3. The van der Waals surface area contributed by atoms with E-state index in [9.17, 15) is 9.46 Å². The lowest BCUT2D eigenvalue weighted by atomic mass is 9.67. The predicted molar refractivity (Wildman–Crippen MR) is 231 cm³/mol. The molecule has 2 aliphatic carbocycles. The van der Waals surface area contributed by atoms with Crippen molar-refractivity contribution in [3.8, 4) is 39.1 Å². The fourth-order valence-electron chi connectivity index (χ4n) is 9.95. The van der Waals surface area contributed by atoms with Crippen LogP contribution in [0.15, 0.2) is 164 Å². The average Bonchev–Trinajstić information content (AvgIpc) is 3.39. The van der Waals surface area contributed by atoms with Gasteiger partial charge in [-0.1, -0.05) is 140 Å². The van der Waals surface area contributed by atoms with E-state index in [4.69, 9.17) is 9.05 Å². The fraction of sp³-hybridized carbons (Fsp3) is 0.154. The molecule has 4 atom stereocenters. The van der Waals surface area contributed by atoms with Crippen molar-refractivity contribution in [2.24, 2.45) is 0 Å². The summed E-state index contributed by atoms with van der Waals surface area (Å²) in [6.45, 7) is 0. The molecule has 0 bridgehead atoms. The number of benzene rings is 8. The Bertz CT molecular complexity index is 2930. The summed E-state index contributed by atoms with van der Waals surface area (Å²) in [4.78, 5) is 11.8. The molecule has 1 aliphatic heterocycles. The summed E-state index contributed by atoms with van der Waals surface area (Å²) in [6.07, 6.45) is 4.06. The lowest BCUT2D eigenvalue weighted by Crippen LogP contribution is -2.35. The van der Waals surface area contributed by atoms with Gasteiger partial charge in [0.2, 0.25) is 0 Å². The summed E-state index contributed by atoms with van der Waals surface area (Å²) in [7, 11) is -4.60. The summed E-state index contributed by atoms with van der Waals surface area (Å²) in [6, 6.07) is 58.0. The average molecular weight is 761 g/mol. The Morgan fingerprint density at radius 1 is 0.544 bits per heavy atom. The van der Waals surface area contributed by atoms with E-state index in [2.05, 4.69) is 164 Å². The molecule has 0 saturated heterocycles. The minimum absolute atomic E-state index is 0.195. The molecule has 3 aliphatic rings. The molecule has 0 amide bonds. The minimum atomic E-state index is -4.60. The van der Waals surface area contributed by atoms with Gasteiger partial charge in [0.05, 0.1) is 6.10 Å². The van der Waals surface area contributed by atoms with E-state index < -0.39 is 13.9 Å². The quantitative estimate of drug-likeness (QED) is 0.182. The third-order valence-corrected chi connectivity index (χ3v) is 13.5. The van der Waals surface area contributed by atoms with Crippen LogP contribution in [0.5, 0.6) is 5.75 Å². The molecular formula is C52H41O4P. The molecule has 1 heterocycles. The SMILES string of the molecule is O=P1(O)Oc2c(-c3cccc(-c4ccc5ccccc5c4)c3)cc3c(c2[C@H]2c4ccccc4CC(c4cccc(-c5ccc6ccccc6c5)c4)[C@H]2O1)CCCC3. The minimum Gasteiger partial charge on any atom is -0.403 e. The van der Waals surface area contributed by atoms with Gasteiger partial charge >= 0.3 is 7.82 Å². The van der Waals surface area contributed by atoms with Gasteiger partial charge in [-0.25, -0.2) is 4.57 Å². The first-order valence-corrected chi connectivity index (χ1v) is 21.6. The maximum Gasteiger partial charge on any atom is 0.527 e. The number of hydrogen-bond acceptors (Lipinski definition) is 3. The van der Waals surface area contributed by atoms with Crippen molar-refractivity contribution >= 4 is 29.4 Å². The van der Waals surface area contributed by atoms with Crippen molar-refractivity contribution in [1.82, 2.24) is 0 Å². The number of aryl methyl sites for hydroxylation is 1. The van der Waals surface area contributed by atoms with E-state index in [0.29, 0.717) is 12.2 Å². The maximum absolute atomic E-state index is 14.4. The first-order chi connectivity index (χ1) is 28.0. The fourth-order valence-corrected chi connectivity index (χ4v) is 11.0. The van der Waals surface area contributed by atoms with Crippen molar-refractivity contribution in [2.75, 3.05) is 0 Å². The molecule has 278 valence electrons. The van der Waals surface area contributed by atoms with Gasteiger partial charge in [-0.05, 0) is 134 Å². The number of phosphoric acid groups is 1. The van der Waals surface area contributed by atoms with E-state index in [-0.39, 0.29) is 11.8 Å². The third-order valence-electron chi connectivity index (χ3n) is 12.6. The smallest absolute Gasteiger partial charge is 0.403 e. The Balaban J connectivity index is 1.09. The first kappa shape index (κ1) is 34.5. The van der Waals surface area contributed by atoms with Crippen LogP contribution in [0.2, 0.25) is 0 Å². The summed E-state index contributed by atoms with van der Waals surface area (Å²) in [5.41, 5.74) is 13.2. The van der Waals surface area contributed by atoms with Gasteiger partial charge in [0.15, 0.2) is 0 Å². The second kappa shape index (κ2) is 13.7. The highest BCUT2D eigenvalue weighted by atomic mass is 31.2. The molecular weight excluding hydrogens is 720 g/mol. The molecule has 0 spiro atoms. The van der Waals surface area contributed by atoms with Gasteiger partial charge in [0.1, 0.15) is 5.75 Å². The maximum atomic E-state index is 14.4. The van der Waals surface area contributed by atoms with Crippen LogP contribution in [0, 0.1) is 0 Å². The van der Waals surface area contributed by atoms with Crippen LogP contribution < -0.4 is 4.52 Å². The first-order valence-electron chi connectivity index (χ1n) is 20.1. The van der Waals surface area contributed by atoms with Crippen LogP contribution in [0.3, 0.4) is 0 Å². The Morgan fingerprint density at radius 3 is 1.91 bits per heavy atom. The van der Waals surface area contributed by atoms with Crippen molar-refractivity contribution in [2.45, 2.75) is 50.0 Å². The molecule has 57 heavy (non-hydrogen) atoms. The highest BCUT2D eigenvalue weighted by Gasteiger charge is 2.49. The topological polar surface area (TPSA) is 55.8 Å². The molecule has 2 unspecified atom stereocenters. The van der Waals surface area contributed by atoms with Gasteiger partial charge in [0.25, 0.3) is 0 Å². The van der Waals surface area contributed by atoms with Gasteiger partial charge < -0.3 is 4.52 Å². The third kappa shape index (κ3) is 6.11. The van der Waals surface area contributed by atoms with Crippen LogP contribution in [0.25, 0.3) is 54.9 Å². The van der Waals surface area contributed by atoms with E-state index in [1.165, 1.54) is 38.2 Å². The van der Waals surface area contributed by atoms with Crippen LogP contribution in [0.1, 0.15) is 58.1 Å². The normalized spacial score (nSPS) is 21.1. The zero-order valence-corrected chi connectivity index (χ0v) is 32.4. The Morgan fingerprint density at radius 2 is 1.16 bits per heavy atom. The highest BCUT2D eigenvalue weighted by molar-refractivity contribution is 7.47. The lowest BCUT2D eigenvalue weighted by Gasteiger charge is -2.40. The van der Waals surface area contributed by atoms with Crippen LogP contribution in [-0.2, 0) is 28.4 Å². The summed E-state index contributed by atoms with van der Waals surface area (Å²) >= 11 is 0. The molecule has 0 aromatic heterocycles. The van der Waals surface area contributed by atoms with Crippen LogP contribution >= 0.6 is 7.82 Å². The van der Waals surface area contributed by atoms with E-state index in [1.807, 2.05) is 0 Å². The molecule has 11 rings (SSSR count). The molecule has 5 heteroatoms. The van der Waals surface area contributed by atoms with Gasteiger partial charge in [0, 0.05) is 23.0 Å². The standard InChI is InChI=1S/C52H41O4P/c53-57(54)55-51-47(41-19-9-17-37(29-41)39-25-23-33-11-1-3-13-35(33)27-39)31-43-15-5-7-21-45(43)49(51)50-46-22-8-6-16-44(46)32-48(52(50)56-57)42-20-10-18-38(30-42)40-26-24-34-12-2-4-14-36(34)28-40/h1-5,7,9-15,17-21,23-30,32,47,49,51H,6,8,16,22,31H2,(H,53,54)/t47?,49-,51-/m1/s1. The van der Waals surface area contributed by atoms with Crippen molar-refractivity contribution in [1.29, 1.82) is 0 Å². The van der Waals surface area contributed by atoms with E-state index in [1.54, 1.807) is 0 Å². The Hall–Kier alpha value is -5.77. The molecule has 8 aromatic carbocycles. The Labute approximate surface area is 333 Å². The summed E-state index contributed by atoms with van der Waals surface area (Å²) < 4.78 is 27.4. The number of fused-ring (bicyclic) bond motifs is 9. The molecule has 1 N–H and O–H groups in total. The number of hydrogen-bond donors (Lipinski definition) is 1. The van der Waals surface area contributed by atoms with Crippen LogP contribution in [0.4, 0.5) is 0 Å². The number of rotatable bonds is 4. The van der Waals surface area contributed by atoms with Crippen LogP contribution in [-0.4, -0.2) is 11.0 Å². The van der Waals surface area contributed by atoms with Gasteiger partial charge in [-0.3, -0.25) is 9.42 Å². The largest absolute Gasteiger partial charge is 0.527 e. The second-order valence-electron chi connectivity index (χ2n) is 16.0. The highest BCUT2D eigenvalue weighted by Crippen LogP contribution is 2.62. The Kier molecular flexibility index (Phi) is 8.29. The summed E-state index contributed by atoms with van der Waals surface area (Å²) in [5.74, 6) is -0.0257. The zero-order valence-electron chi connectivity index (χ0n) is 31.5. The monoisotopic (exact) mass is 760 g/mol. The lowest BCUT2D eigenvalue weighted by molar-refractivity contribution is 0.107. The predicted octanol–water partition coefficient (Wildman–Crippen LogP) is 13.2. The molecule has 0 saturated carbocycles. The molecule has 4 nitrogen and oxygen atoms in total.